The van der Waals surface area contributed by atoms with E-state index in [1.54, 1.807) is 0 Å². The second-order valence-electron chi connectivity index (χ2n) is 5.91. The number of rotatable bonds is 6. The summed E-state index contributed by atoms with van der Waals surface area (Å²) in [4.78, 5) is 6.41. The Bertz CT molecular complexity index is 378. The highest BCUT2D eigenvalue weighted by Gasteiger charge is 2.23. The molecule has 0 radical (unpaired) electrons. The van der Waals surface area contributed by atoms with Crippen molar-refractivity contribution in [3.63, 3.8) is 0 Å². The third-order valence-electron chi connectivity index (χ3n) is 4.21. The molecule has 2 nitrogen and oxygen atoms in total. The van der Waals surface area contributed by atoms with Crippen molar-refractivity contribution in [1.82, 2.24) is 10.3 Å². The van der Waals surface area contributed by atoms with Crippen LogP contribution in [0.5, 0.6) is 0 Å². The Balaban J connectivity index is 2.01. The maximum atomic E-state index is 4.93. The quantitative estimate of drug-likeness (QED) is 0.776. The van der Waals surface area contributed by atoms with Crippen molar-refractivity contribution >= 4 is 11.3 Å². The maximum absolute atomic E-state index is 4.93. The molecule has 0 saturated heterocycles. The molecule has 0 bridgehead atoms. The SMILES string of the molecule is CCCNCc1sc(C2CCC(C)CC2)nc1CC. The Labute approximate surface area is 122 Å². The van der Waals surface area contributed by atoms with E-state index in [2.05, 4.69) is 26.1 Å². The summed E-state index contributed by atoms with van der Waals surface area (Å²) in [6.45, 7) is 8.95. The van der Waals surface area contributed by atoms with E-state index >= 15 is 0 Å². The lowest BCUT2D eigenvalue weighted by Crippen LogP contribution is -2.13. The molecule has 1 aromatic rings. The summed E-state index contributed by atoms with van der Waals surface area (Å²) in [7, 11) is 0. The number of nitrogens with one attached hydrogen (secondary N) is 1. The highest BCUT2D eigenvalue weighted by Crippen LogP contribution is 2.38. The lowest BCUT2D eigenvalue weighted by atomic mass is 9.83. The van der Waals surface area contributed by atoms with Crippen molar-refractivity contribution in [3.8, 4) is 0 Å². The summed E-state index contributed by atoms with van der Waals surface area (Å²) in [6, 6.07) is 0. The topological polar surface area (TPSA) is 24.9 Å². The molecule has 0 atom stereocenters. The summed E-state index contributed by atoms with van der Waals surface area (Å²) >= 11 is 1.97. The van der Waals surface area contributed by atoms with Crippen molar-refractivity contribution in [1.29, 1.82) is 0 Å². The van der Waals surface area contributed by atoms with Gasteiger partial charge in [-0.25, -0.2) is 4.98 Å². The van der Waals surface area contributed by atoms with Crippen molar-refractivity contribution in [3.05, 3.63) is 15.6 Å². The predicted molar refractivity (Wildman–Crippen MR) is 83.9 cm³/mol. The Morgan fingerprint density at radius 3 is 2.58 bits per heavy atom. The van der Waals surface area contributed by atoms with Crippen LogP contribution in [-0.2, 0) is 13.0 Å². The molecule has 1 aliphatic rings. The molecular formula is C16H28N2S. The van der Waals surface area contributed by atoms with Gasteiger partial charge in [0.05, 0.1) is 10.7 Å². The van der Waals surface area contributed by atoms with E-state index in [1.807, 2.05) is 11.3 Å². The molecule has 0 aromatic carbocycles. The van der Waals surface area contributed by atoms with Crippen LogP contribution in [-0.4, -0.2) is 11.5 Å². The average Bonchev–Trinajstić information content (AvgIpc) is 2.83. The Morgan fingerprint density at radius 1 is 1.21 bits per heavy atom. The van der Waals surface area contributed by atoms with E-state index in [4.69, 9.17) is 4.98 Å². The number of hydrogen-bond donors (Lipinski definition) is 1. The number of hydrogen-bond acceptors (Lipinski definition) is 3. The third kappa shape index (κ3) is 4.03. The molecule has 0 spiro atoms. The van der Waals surface area contributed by atoms with Crippen LogP contribution in [0.25, 0.3) is 0 Å². The molecule has 1 N–H and O–H groups in total. The molecule has 1 aliphatic carbocycles. The van der Waals surface area contributed by atoms with Gasteiger partial charge in [0.1, 0.15) is 0 Å². The van der Waals surface area contributed by atoms with E-state index in [0.29, 0.717) is 0 Å². The zero-order valence-electron chi connectivity index (χ0n) is 12.7. The normalized spacial score (nSPS) is 23.7. The van der Waals surface area contributed by atoms with E-state index in [9.17, 15) is 0 Å². The van der Waals surface area contributed by atoms with Gasteiger partial charge >= 0.3 is 0 Å². The zero-order valence-corrected chi connectivity index (χ0v) is 13.5. The van der Waals surface area contributed by atoms with E-state index in [1.165, 1.54) is 47.7 Å². The van der Waals surface area contributed by atoms with Crippen LogP contribution in [0.2, 0.25) is 0 Å². The van der Waals surface area contributed by atoms with Gasteiger partial charge < -0.3 is 5.32 Å². The number of aromatic nitrogens is 1. The van der Waals surface area contributed by atoms with Crippen molar-refractivity contribution < 1.29 is 0 Å². The van der Waals surface area contributed by atoms with E-state index in [0.717, 1.165) is 31.3 Å². The van der Waals surface area contributed by atoms with Gasteiger partial charge in [0.25, 0.3) is 0 Å². The molecule has 1 saturated carbocycles. The molecule has 108 valence electrons. The first kappa shape index (κ1) is 15.0. The first-order valence-corrected chi connectivity index (χ1v) is 8.75. The largest absolute Gasteiger partial charge is 0.312 e. The van der Waals surface area contributed by atoms with E-state index in [-0.39, 0.29) is 0 Å². The highest BCUT2D eigenvalue weighted by atomic mass is 32.1. The fraction of sp³-hybridized carbons (Fsp3) is 0.812. The van der Waals surface area contributed by atoms with Gasteiger partial charge in [-0.3, -0.25) is 0 Å². The lowest BCUT2D eigenvalue weighted by Gasteiger charge is -2.24. The summed E-state index contributed by atoms with van der Waals surface area (Å²) in [6.07, 6.45) is 7.74. The second-order valence-corrected chi connectivity index (χ2v) is 7.02. The summed E-state index contributed by atoms with van der Waals surface area (Å²) < 4.78 is 0. The minimum Gasteiger partial charge on any atom is -0.312 e. The van der Waals surface area contributed by atoms with Crippen LogP contribution in [0.15, 0.2) is 0 Å². The van der Waals surface area contributed by atoms with Gasteiger partial charge in [0.15, 0.2) is 0 Å². The Kier molecular flexibility index (Phi) is 5.83. The molecule has 1 heterocycles. The first-order chi connectivity index (χ1) is 9.24. The molecule has 19 heavy (non-hydrogen) atoms. The maximum Gasteiger partial charge on any atom is 0.0962 e. The lowest BCUT2D eigenvalue weighted by molar-refractivity contribution is 0.347. The summed E-state index contributed by atoms with van der Waals surface area (Å²) in [5.74, 6) is 1.67. The van der Waals surface area contributed by atoms with Crippen LogP contribution in [0.3, 0.4) is 0 Å². The van der Waals surface area contributed by atoms with Crippen molar-refractivity contribution in [2.75, 3.05) is 6.54 Å². The molecular weight excluding hydrogens is 252 g/mol. The van der Waals surface area contributed by atoms with Gasteiger partial charge in [-0.05, 0) is 38.1 Å². The van der Waals surface area contributed by atoms with E-state index < -0.39 is 0 Å². The van der Waals surface area contributed by atoms with Gasteiger partial charge in [-0.2, -0.15) is 0 Å². The molecule has 1 aromatic heterocycles. The van der Waals surface area contributed by atoms with Crippen LogP contribution in [0.1, 0.15) is 74.4 Å². The number of aryl methyl sites for hydroxylation is 1. The second kappa shape index (κ2) is 7.39. The molecule has 0 aliphatic heterocycles. The molecule has 0 unspecified atom stereocenters. The monoisotopic (exact) mass is 280 g/mol. The summed E-state index contributed by atoms with van der Waals surface area (Å²) in [5.41, 5.74) is 1.34. The fourth-order valence-corrected chi connectivity index (χ4v) is 4.17. The molecule has 2 rings (SSSR count). The predicted octanol–water partition coefficient (Wildman–Crippen LogP) is 4.50. The Hall–Kier alpha value is -0.410. The number of thiazole rings is 1. The van der Waals surface area contributed by atoms with Gasteiger partial charge in [0.2, 0.25) is 0 Å². The fourth-order valence-electron chi connectivity index (χ4n) is 2.88. The zero-order chi connectivity index (χ0) is 13.7. The van der Waals surface area contributed by atoms with Gasteiger partial charge in [-0.15, -0.1) is 11.3 Å². The number of nitrogens with zero attached hydrogens (tertiary/aromatic N) is 1. The standard InChI is InChI=1S/C16H28N2S/c1-4-10-17-11-15-14(5-2)18-16(19-15)13-8-6-12(3)7-9-13/h12-13,17H,4-11H2,1-3H3. The first-order valence-electron chi connectivity index (χ1n) is 7.93. The van der Waals surface area contributed by atoms with Crippen LogP contribution >= 0.6 is 11.3 Å². The van der Waals surface area contributed by atoms with Crippen molar-refractivity contribution in [2.45, 2.75) is 71.8 Å². The van der Waals surface area contributed by atoms with Crippen LogP contribution in [0, 0.1) is 5.92 Å². The smallest absolute Gasteiger partial charge is 0.0962 e. The van der Waals surface area contributed by atoms with Crippen LogP contribution in [0.4, 0.5) is 0 Å². The minimum atomic E-state index is 0.742. The third-order valence-corrected chi connectivity index (χ3v) is 5.47. The Morgan fingerprint density at radius 2 is 1.95 bits per heavy atom. The van der Waals surface area contributed by atoms with Crippen molar-refractivity contribution in [2.24, 2.45) is 5.92 Å². The minimum absolute atomic E-state index is 0.742. The van der Waals surface area contributed by atoms with Gasteiger partial charge in [0, 0.05) is 17.3 Å². The molecule has 3 heteroatoms. The molecule has 1 fully saturated rings. The molecule has 0 amide bonds. The highest BCUT2D eigenvalue weighted by molar-refractivity contribution is 7.11. The van der Waals surface area contributed by atoms with Gasteiger partial charge in [-0.1, -0.05) is 33.6 Å². The average molecular weight is 280 g/mol. The summed E-state index contributed by atoms with van der Waals surface area (Å²) in [5, 5.41) is 4.93. The van der Waals surface area contributed by atoms with Crippen LogP contribution < -0.4 is 5.32 Å².